The smallest absolute Gasteiger partial charge is 0.333 e. The number of fused-ring (bicyclic) bond motifs is 2. The SMILES string of the molecule is C=C(C)C(=O)OC1(C2CC3CCC2C3)CCCC12CCCCC2. The Morgan fingerprint density at radius 2 is 1.74 bits per heavy atom. The molecule has 4 aliphatic rings. The van der Waals surface area contributed by atoms with Gasteiger partial charge in [0.05, 0.1) is 0 Å². The van der Waals surface area contributed by atoms with Crippen LogP contribution in [0.2, 0.25) is 0 Å². The first kappa shape index (κ1) is 15.7. The maximum absolute atomic E-state index is 12.6. The molecule has 1 spiro atoms. The van der Waals surface area contributed by atoms with Crippen molar-refractivity contribution in [2.45, 2.75) is 89.6 Å². The topological polar surface area (TPSA) is 26.3 Å². The first-order chi connectivity index (χ1) is 11.1. The molecule has 0 heterocycles. The van der Waals surface area contributed by atoms with Gasteiger partial charge in [0.2, 0.25) is 0 Å². The Balaban J connectivity index is 1.71. The molecule has 4 atom stereocenters. The first-order valence-corrected chi connectivity index (χ1v) is 9.95. The molecular formula is C21H32O2. The van der Waals surface area contributed by atoms with E-state index in [1.54, 1.807) is 6.92 Å². The number of hydrogen-bond acceptors (Lipinski definition) is 2. The van der Waals surface area contributed by atoms with E-state index in [2.05, 4.69) is 6.58 Å². The Bertz CT molecular complexity index is 502. The normalized spacial score (nSPS) is 41.3. The number of esters is 1. The summed E-state index contributed by atoms with van der Waals surface area (Å²) in [6.45, 7) is 5.67. The molecule has 0 radical (unpaired) electrons. The molecule has 0 amide bonds. The van der Waals surface area contributed by atoms with E-state index in [0.717, 1.165) is 18.3 Å². The fraction of sp³-hybridized carbons (Fsp3) is 0.857. The van der Waals surface area contributed by atoms with Crippen molar-refractivity contribution in [1.29, 1.82) is 0 Å². The quantitative estimate of drug-likeness (QED) is 0.513. The summed E-state index contributed by atoms with van der Waals surface area (Å²) in [7, 11) is 0. The van der Waals surface area contributed by atoms with Crippen LogP contribution < -0.4 is 0 Å². The van der Waals surface area contributed by atoms with Gasteiger partial charge in [-0.15, -0.1) is 0 Å². The van der Waals surface area contributed by atoms with Gasteiger partial charge in [-0.1, -0.05) is 32.3 Å². The summed E-state index contributed by atoms with van der Waals surface area (Å²) in [5.74, 6) is 2.23. The van der Waals surface area contributed by atoms with Crippen LogP contribution in [0.3, 0.4) is 0 Å². The van der Waals surface area contributed by atoms with Crippen LogP contribution in [0, 0.1) is 23.2 Å². The number of ether oxygens (including phenoxy) is 1. The second-order valence-corrected chi connectivity index (χ2v) is 9.04. The second-order valence-electron chi connectivity index (χ2n) is 9.04. The van der Waals surface area contributed by atoms with E-state index in [1.807, 2.05) is 0 Å². The minimum atomic E-state index is -0.163. The molecule has 0 aromatic rings. The molecule has 4 aliphatic carbocycles. The lowest BCUT2D eigenvalue weighted by atomic mass is 9.58. The molecule has 4 rings (SSSR count). The van der Waals surface area contributed by atoms with Gasteiger partial charge in [-0.3, -0.25) is 0 Å². The number of carbonyl (C=O) groups excluding carboxylic acids is 1. The van der Waals surface area contributed by atoms with Crippen molar-refractivity contribution in [2.24, 2.45) is 23.2 Å². The lowest BCUT2D eigenvalue weighted by molar-refractivity contribution is -0.190. The van der Waals surface area contributed by atoms with Crippen LogP contribution in [0.25, 0.3) is 0 Å². The molecular weight excluding hydrogens is 284 g/mol. The van der Waals surface area contributed by atoms with Crippen molar-refractivity contribution < 1.29 is 9.53 Å². The lowest BCUT2D eigenvalue weighted by Gasteiger charge is -2.53. The van der Waals surface area contributed by atoms with Crippen LogP contribution in [0.4, 0.5) is 0 Å². The third kappa shape index (κ3) is 2.31. The van der Waals surface area contributed by atoms with Crippen molar-refractivity contribution in [3.63, 3.8) is 0 Å². The maximum Gasteiger partial charge on any atom is 0.333 e. The van der Waals surface area contributed by atoms with Crippen molar-refractivity contribution in [1.82, 2.24) is 0 Å². The molecule has 0 saturated heterocycles. The predicted molar refractivity (Wildman–Crippen MR) is 91.9 cm³/mol. The van der Waals surface area contributed by atoms with Crippen molar-refractivity contribution in [3.05, 3.63) is 12.2 Å². The average molecular weight is 316 g/mol. The first-order valence-electron chi connectivity index (χ1n) is 9.95. The predicted octanol–water partition coefficient (Wildman–Crippen LogP) is 5.42. The zero-order valence-electron chi connectivity index (χ0n) is 14.7. The fourth-order valence-corrected chi connectivity index (χ4v) is 6.95. The van der Waals surface area contributed by atoms with Crippen molar-refractivity contribution in [3.8, 4) is 0 Å². The number of rotatable bonds is 3. The maximum atomic E-state index is 12.6. The average Bonchev–Trinajstić information content (AvgIpc) is 3.24. The van der Waals surface area contributed by atoms with E-state index in [1.165, 1.54) is 70.6 Å². The highest BCUT2D eigenvalue weighted by molar-refractivity contribution is 5.87. The molecule has 0 N–H and O–H groups in total. The van der Waals surface area contributed by atoms with Crippen molar-refractivity contribution in [2.75, 3.05) is 0 Å². The zero-order valence-corrected chi connectivity index (χ0v) is 14.7. The standard InChI is InChI=1S/C21H32O2/c1-15(2)19(22)23-21(18-14-16-7-8-17(18)13-16)12-6-11-20(21)9-4-3-5-10-20/h16-18H,1,3-14H2,2H3. The molecule has 0 aromatic heterocycles. The van der Waals surface area contributed by atoms with E-state index < -0.39 is 0 Å². The van der Waals surface area contributed by atoms with Gasteiger partial charge in [-0.25, -0.2) is 4.79 Å². The summed E-state index contributed by atoms with van der Waals surface area (Å²) < 4.78 is 6.45. The summed E-state index contributed by atoms with van der Waals surface area (Å²) in [6, 6.07) is 0. The molecule has 23 heavy (non-hydrogen) atoms. The van der Waals surface area contributed by atoms with Crippen LogP contribution in [-0.2, 0) is 9.53 Å². The fourth-order valence-electron chi connectivity index (χ4n) is 6.95. The van der Waals surface area contributed by atoms with E-state index in [9.17, 15) is 4.79 Å². The molecule has 2 bridgehead atoms. The van der Waals surface area contributed by atoms with Crippen molar-refractivity contribution >= 4 is 5.97 Å². The molecule has 4 unspecified atom stereocenters. The highest BCUT2D eigenvalue weighted by Crippen LogP contribution is 2.66. The number of hydrogen-bond donors (Lipinski definition) is 0. The van der Waals surface area contributed by atoms with Crippen LogP contribution in [0.1, 0.15) is 84.0 Å². The van der Waals surface area contributed by atoms with Gasteiger partial charge in [0, 0.05) is 16.9 Å². The van der Waals surface area contributed by atoms with Crippen LogP contribution in [-0.4, -0.2) is 11.6 Å². The van der Waals surface area contributed by atoms with Crippen LogP contribution >= 0.6 is 0 Å². The minimum absolute atomic E-state index is 0.125. The van der Waals surface area contributed by atoms with Gasteiger partial charge in [-0.2, -0.15) is 0 Å². The summed E-state index contributed by atoms with van der Waals surface area (Å²) >= 11 is 0. The van der Waals surface area contributed by atoms with Gasteiger partial charge in [0.1, 0.15) is 5.60 Å². The van der Waals surface area contributed by atoms with E-state index in [-0.39, 0.29) is 17.0 Å². The minimum Gasteiger partial charge on any atom is -0.455 e. The Labute approximate surface area is 141 Å². The van der Waals surface area contributed by atoms with Crippen LogP contribution in [0.15, 0.2) is 12.2 Å². The Morgan fingerprint density at radius 3 is 2.35 bits per heavy atom. The summed E-state index contributed by atoms with van der Waals surface area (Å²) in [5.41, 5.74) is 0.694. The van der Waals surface area contributed by atoms with Gasteiger partial charge in [0.25, 0.3) is 0 Å². The van der Waals surface area contributed by atoms with E-state index >= 15 is 0 Å². The zero-order chi connectivity index (χ0) is 16.1. The lowest BCUT2D eigenvalue weighted by Crippen LogP contribution is -2.55. The molecule has 128 valence electrons. The monoisotopic (exact) mass is 316 g/mol. The highest BCUT2D eigenvalue weighted by Gasteiger charge is 2.64. The van der Waals surface area contributed by atoms with E-state index in [4.69, 9.17) is 4.74 Å². The summed E-state index contributed by atoms with van der Waals surface area (Å²) in [4.78, 5) is 12.6. The van der Waals surface area contributed by atoms with Gasteiger partial charge < -0.3 is 4.74 Å². The Morgan fingerprint density at radius 1 is 1.00 bits per heavy atom. The Hall–Kier alpha value is -0.790. The third-order valence-corrected chi connectivity index (χ3v) is 7.87. The molecule has 2 heteroatoms. The summed E-state index contributed by atoms with van der Waals surface area (Å²) in [6.07, 6.45) is 15.7. The van der Waals surface area contributed by atoms with Gasteiger partial charge in [-0.05, 0) is 70.1 Å². The largest absolute Gasteiger partial charge is 0.455 e. The Kier molecular flexibility index (Phi) is 3.85. The highest BCUT2D eigenvalue weighted by atomic mass is 16.6. The second kappa shape index (κ2) is 5.63. The summed E-state index contributed by atoms with van der Waals surface area (Å²) in [5, 5.41) is 0. The molecule has 4 fully saturated rings. The molecule has 2 nitrogen and oxygen atoms in total. The molecule has 0 aromatic carbocycles. The van der Waals surface area contributed by atoms with Crippen LogP contribution in [0.5, 0.6) is 0 Å². The molecule has 0 aliphatic heterocycles. The molecule has 4 saturated carbocycles. The van der Waals surface area contributed by atoms with Gasteiger partial charge >= 0.3 is 5.97 Å². The van der Waals surface area contributed by atoms with Gasteiger partial charge in [0.15, 0.2) is 0 Å². The third-order valence-electron chi connectivity index (χ3n) is 7.87. The number of carbonyl (C=O) groups is 1. The van der Waals surface area contributed by atoms with E-state index in [0.29, 0.717) is 11.5 Å².